The molecule has 128 valence electrons. The number of benzene rings is 1. The first-order valence-electron chi connectivity index (χ1n) is 7.68. The Morgan fingerprint density at radius 2 is 2.13 bits per heavy atom. The summed E-state index contributed by atoms with van der Waals surface area (Å²) in [4.78, 5) is 1.76. The zero-order valence-corrected chi connectivity index (χ0v) is 13.7. The highest BCUT2D eigenvalue weighted by atomic mass is 32.2. The number of nitrogens with zero attached hydrogens (tertiary/aromatic N) is 1. The minimum atomic E-state index is -4.04. The second-order valence-electron chi connectivity index (χ2n) is 6.13. The van der Waals surface area contributed by atoms with Crippen molar-refractivity contribution in [2.24, 2.45) is 0 Å². The molecule has 2 aliphatic rings. The van der Waals surface area contributed by atoms with E-state index in [0.717, 1.165) is 25.5 Å². The molecule has 23 heavy (non-hydrogen) atoms. The van der Waals surface area contributed by atoms with Crippen LogP contribution in [0.5, 0.6) is 0 Å². The summed E-state index contributed by atoms with van der Waals surface area (Å²) in [5.41, 5.74) is 0.0839. The van der Waals surface area contributed by atoms with Gasteiger partial charge in [0.25, 0.3) is 0 Å². The van der Waals surface area contributed by atoms with Crippen molar-refractivity contribution in [2.45, 2.75) is 36.8 Å². The van der Waals surface area contributed by atoms with Crippen molar-refractivity contribution in [3.63, 3.8) is 0 Å². The highest BCUT2D eigenvalue weighted by Gasteiger charge is 2.33. The van der Waals surface area contributed by atoms with Crippen LogP contribution in [0, 0.1) is 18.6 Å². The summed E-state index contributed by atoms with van der Waals surface area (Å²) in [7, 11) is -4.04. The number of hydrogen-bond donors (Lipinski definition) is 1. The fourth-order valence-electron chi connectivity index (χ4n) is 3.13. The van der Waals surface area contributed by atoms with Crippen LogP contribution < -0.4 is 4.72 Å². The van der Waals surface area contributed by atoms with Gasteiger partial charge < -0.3 is 4.74 Å². The predicted octanol–water partition coefficient (Wildman–Crippen LogP) is 1.41. The minimum absolute atomic E-state index is 0.0709. The zero-order valence-electron chi connectivity index (χ0n) is 12.9. The first-order valence-corrected chi connectivity index (χ1v) is 9.16. The molecule has 0 spiro atoms. The molecule has 0 unspecified atom stereocenters. The summed E-state index contributed by atoms with van der Waals surface area (Å²) < 4.78 is 59.6. The Kier molecular flexibility index (Phi) is 4.68. The number of fused-ring (bicyclic) bond motifs is 1. The molecule has 0 saturated carbocycles. The molecule has 1 N–H and O–H groups in total. The predicted molar refractivity (Wildman–Crippen MR) is 80.6 cm³/mol. The summed E-state index contributed by atoms with van der Waals surface area (Å²) in [5.74, 6) is -1.86. The van der Waals surface area contributed by atoms with Crippen molar-refractivity contribution >= 4 is 10.0 Å². The van der Waals surface area contributed by atoms with E-state index in [1.54, 1.807) is 0 Å². The standard InChI is InChI=1S/C15H20F2N2O3S/c1-10-5-15(14(17)6-13(10)16)23(20,21)18-7-12-8-19-4-2-3-11(19)9-22-12/h5-6,11-12,18H,2-4,7-9H2,1H3/t11-,12-/m1/s1. The minimum Gasteiger partial charge on any atom is -0.374 e. The Balaban J connectivity index is 1.66. The molecule has 8 heteroatoms. The largest absolute Gasteiger partial charge is 0.374 e. The molecule has 2 saturated heterocycles. The van der Waals surface area contributed by atoms with Crippen molar-refractivity contribution < 1.29 is 21.9 Å². The molecule has 2 heterocycles. The van der Waals surface area contributed by atoms with Crippen LogP contribution in [0.3, 0.4) is 0 Å². The van der Waals surface area contributed by atoms with Gasteiger partial charge in [-0.2, -0.15) is 0 Å². The first-order chi connectivity index (χ1) is 10.9. The van der Waals surface area contributed by atoms with E-state index in [-0.39, 0.29) is 18.2 Å². The van der Waals surface area contributed by atoms with E-state index in [4.69, 9.17) is 4.74 Å². The Morgan fingerprint density at radius 3 is 2.91 bits per heavy atom. The number of aryl methyl sites for hydroxylation is 1. The van der Waals surface area contributed by atoms with E-state index in [2.05, 4.69) is 9.62 Å². The number of rotatable bonds is 4. The summed E-state index contributed by atoms with van der Waals surface area (Å²) in [6, 6.07) is 2.03. The van der Waals surface area contributed by atoms with E-state index >= 15 is 0 Å². The van der Waals surface area contributed by atoms with Crippen molar-refractivity contribution in [1.82, 2.24) is 9.62 Å². The molecule has 0 aliphatic carbocycles. The van der Waals surface area contributed by atoms with Gasteiger partial charge in [-0.05, 0) is 37.9 Å². The normalized spacial score (nSPS) is 25.5. The van der Waals surface area contributed by atoms with Crippen LogP contribution in [0.15, 0.2) is 17.0 Å². The lowest BCUT2D eigenvalue weighted by molar-refractivity contribution is -0.0449. The molecule has 2 aliphatic heterocycles. The molecule has 5 nitrogen and oxygen atoms in total. The van der Waals surface area contributed by atoms with E-state index in [1.165, 1.54) is 6.92 Å². The monoisotopic (exact) mass is 346 g/mol. The summed E-state index contributed by atoms with van der Waals surface area (Å²) in [5, 5.41) is 0. The third kappa shape index (κ3) is 3.55. The Bertz CT molecular complexity index is 696. The molecule has 0 aromatic heterocycles. The maximum absolute atomic E-state index is 13.8. The molecule has 0 amide bonds. The number of halogens is 2. The topological polar surface area (TPSA) is 58.6 Å². The van der Waals surface area contributed by atoms with Gasteiger partial charge in [0.1, 0.15) is 16.5 Å². The Hall–Kier alpha value is -1.09. The van der Waals surface area contributed by atoms with Crippen LogP contribution in [-0.2, 0) is 14.8 Å². The number of sulfonamides is 1. The van der Waals surface area contributed by atoms with Gasteiger partial charge in [-0.3, -0.25) is 4.90 Å². The lowest BCUT2D eigenvalue weighted by Crippen LogP contribution is -2.50. The van der Waals surface area contributed by atoms with Crippen LogP contribution in [0.1, 0.15) is 18.4 Å². The second-order valence-corrected chi connectivity index (χ2v) is 7.87. The van der Waals surface area contributed by atoms with Crippen molar-refractivity contribution in [1.29, 1.82) is 0 Å². The fraction of sp³-hybridized carbons (Fsp3) is 0.600. The molecule has 1 aromatic carbocycles. The summed E-state index contributed by atoms with van der Waals surface area (Å²) in [6.07, 6.45) is 1.98. The average Bonchev–Trinajstić information content (AvgIpc) is 2.96. The van der Waals surface area contributed by atoms with E-state index < -0.39 is 26.6 Å². The van der Waals surface area contributed by atoms with Gasteiger partial charge in [0.2, 0.25) is 10.0 Å². The van der Waals surface area contributed by atoms with Crippen molar-refractivity contribution in [3.05, 3.63) is 29.3 Å². The Labute approximate surface area is 134 Å². The number of ether oxygens (including phenoxy) is 1. The van der Waals surface area contributed by atoms with E-state index in [0.29, 0.717) is 25.3 Å². The van der Waals surface area contributed by atoms with Crippen molar-refractivity contribution in [3.8, 4) is 0 Å². The van der Waals surface area contributed by atoms with Crippen LogP contribution in [-0.4, -0.2) is 51.7 Å². The number of morpholine rings is 1. The van der Waals surface area contributed by atoms with Crippen LogP contribution >= 0.6 is 0 Å². The molecule has 2 atom stereocenters. The highest BCUT2D eigenvalue weighted by molar-refractivity contribution is 7.89. The SMILES string of the molecule is Cc1cc(S(=O)(=O)NC[C@@H]2CN3CCC[C@@H]3CO2)c(F)cc1F. The molecule has 0 radical (unpaired) electrons. The van der Waals surface area contributed by atoms with Gasteiger partial charge in [0, 0.05) is 25.2 Å². The third-order valence-electron chi connectivity index (χ3n) is 4.47. The van der Waals surface area contributed by atoms with E-state index in [9.17, 15) is 17.2 Å². The quantitative estimate of drug-likeness (QED) is 0.896. The van der Waals surface area contributed by atoms with Crippen LogP contribution in [0.25, 0.3) is 0 Å². The van der Waals surface area contributed by atoms with Gasteiger partial charge in [-0.15, -0.1) is 0 Å². The van der Waals surface area contributed by atoms with Crippen LogP contribution in [0.2, 0.25) is 0 Å². The average molecular weight is 346 g/mol. The molecular weight excluding hydrogens is 326 g/mol. The fourth-order valence-corrected chi connectivity index (χ4v) is 4.33. The lowest BCUT2D eigenvalue weighted by atomic mass is 10.2. The van der Waals surface area contributed by atoms with Crippen molar-refractivity contribution in [2.75, 3.05) is 26.2 Å². The second kappa shape index (κ2) is 6.43. The third-order valence-corrected chi connectivity index (χ3v) is 5.90. The first kappa shape index (κ1) is 16.8. The van der Waals surface area contributed by atoms with Gasteiger partial charge in [0.05, 0.1) is 12.7 Å². The maximum Gasteiger partial charge on any atom is 0.243 e. The molecular formula is C15H20F2N2O3S. The van der Waals surface area contributed by atoms with Gasteiger partial charge >= 0.3 is 0 Å². The highest BCUT2D eigenvalue weighted by Crippen LogP contribution is 2.23. The smallest absolute Gasteiger partial charge is 0.243 e. The van der Waals surface area contributed by atoms with Gasteiger partial charge in [0.15, 0.2) is 0 Å². The zero-order chi connectivity index (χ0) is 16.6. The number of hydrogen-bond acceptors (Lipinski definition) is 4. The van der Waals surface area contributed by atoms with E-state index in [1.807, 2.05) is 0 Å². The molecule has 1 aromatic rings. The number of nitrogens with one attached hydrogen (secondary N) is 1. The Morgan fingerprint density at radius 1 is 1.35 bits per heavy atom. The lowest BCUT2D eigenvalue weighted by Gasteiger charge is -2.35. The molecule has 2 fully saturated rings. The molecule has 0 bridgehead atoms. The summed E-state index contributed by atoms with van der Waals surface area (Å²) in [6.45, 7) is 3.73. The van der Waals surface area contributed by atoms with Gasteiger partial charge in [-0.25, -0.2) is 21.9 Å². The maximum atomic E-state index is 13.8. The van der Waals surface area contributed by atoms with Crippen LogP contribution in [0.4, 0.5) is 8.78 Å². The summed E-state index contributed by atoms with van der Waals surface area (Å²) >= 11 is 0. The van der Waals surface area contributed by atoms with Gasteiger partial charge in [-0.1, -0.05) is 0 Å². The molecule has 3 rings (SSSR count).